The smallest absolute Gasteiger partial charge is 0.310 e. The zero-order valence-electron chi connectivity index (χ0n) is 11.2. The lowest BCUT2D eigenvalue weighted by atomic mass is 9.98. The lowest BCUT2D eigenvalue weighted by Gasteiger charge is -2.30. The summed E-state index contributed by atoms with van der Waals surface area (Å²) in [6.07, 6.45) is 1.74. The number of hydrogen-bond acceptors (Lipinski definition) is 4. The van der Waals surface area contributed by atoms with Gasteiger partial charge in [0.15, 0.2) is 0 Å². The maximum atomic E-state index is 13.2. The predicted molar refractivity (Wildman–Crippen MR) is 73.0 cm³/mol. The first kappa shape index (κ1) is 12.9. The molecule has 1 aromatic heterocycles. The third kappa shape index (κ3) is 2.33. The van der Waals surface area contributed by atoms with Gasteiger partial charge in [-0.1, -0.05) is 0 Å². The Labute approximate surface area is 115 Å². The van der Waals surface area contributed by atoms with Crippen molar-refractivity contribution in [3.63, 3.8) is 0 Å². The summed E-state index contributed by atoms with van der Waals surface area (Å²) in [5.74, 6) is 0.0774. The molecule has 1 N–H and O–H groups in total. The highest BCUT2D eigenvalue weighted by Gasteiger charge is 2.27. The maximum Gasteiger partial charge on any atom is 0.310 e. The van der Waals surface area contributed by atoms with E-state index in [2.05, 4.69) is 9.97 Å². The van der Waals surface area contributed by atoms with Crippen LogP contribution in [0.25, 0.3) is 11.0 Å². The molecule has 0 saturated carbocycles. The number of benzene rings is 1. The molecule has 106 valence electrons. The minimum Gasteiger partial charge on any atom is -0.469 e. The molecular formula is C14H16FN3O2. The average Bonchev–Trinajstić information content (AvgIpc) is 2.89. The Morgan fingerprint density at radius 1 is 1.55 bits per heavy atom. The highest BCUT2D eigenvalue weighted by molar-refractivity contribution is 5.78. The van der Waals surface area contributed by atoms with Crippen molar-refractivity contribution < 1.29 is 13.9 Å². The molecule has 6 heteroatoms. The van der Waals surface area contributed by atoms with Crippen molar-refractivity contribution in [1.29, 1.82) is 0 Å². The van der Waals surface area contributed by atoms with Gasteiger partial charge in [0, 0.05) is 13.1 Å². The first-order valence-corrected chi connectivity index (χ1v) is 6.65. The minimum atomic E-state index is -0.293. The van der Waals surface area contributed by atoms with Crippen molar-refractivity contribution in [2.75, 3.05) is 25.1 Å². The fourth-order valence-electron chi connectivity index (χ4n) is 2.65. The van der Waals surface area contributed by atoms with Crippen molar-refractivity contribution in [3.8, 4) is 0 Å². The second-order valence-corrected chi connectivity index (χ2v) is 5.03. The van der Waals surface area contributed by atoms with Crippen LogP contribution in [0.5, 0.6) is 0 Å². The number of methoxy groups -OCH3 is 1. The Hall–Kier alpha value is -2.11. The Morgan fingerprint density at radius 3 is 3.20 bits per heavy atom. The van der Waals surface area contributed by atoms with Gasteiger partial charge in [0.25, 0.3) is 0 Å². The van der Waals surface area contributed by atoms with Crippen molar-refractivity contribution in [1.82, 2.24) is 9.97 Å². The molecule has 2 heterocycles. The van der Waals surface area contributed by atoms with Gasteiger partial charge in [-0.3, -0.25) is 4.79 Å². The van der Waals surface area contributed by atoms with Crippen LogP contribution in [0, 0.1) is 11.7 Å². The lowest BCUT2D eigenvalue weighted by molar-refractivity contribution is -0.145. The van der Waals surface area contributed by atoms with Crippen LogP contribution in [0.4, 0.5) is 10.3 Å². The first-order valence-electron chi connectivity index (χ1n) is 6.65. The van der Waals surface area contributed by atoms with E-state index in [1.54, 1.807) is 6.07 Å². The van der Waals surface area contributed by atoms with Gasteiger partial charge < -0.3 is 14.6 Å². The number of aromatic amines is 1. The number of aromatic nitrogens is 2. The molecule has 5 nitrogen and oxygen atoms in total. The largest absolute Gasteiger partial charge is 0.469 e. The second-order valence-electron chi connectivity index (χ2n) is 5.03. The van der Waals surface area contributed by atoms with Crippen molar-refractivity contribution in [2.24, 2.45) is 5.92 Å². The number of halogens is 1. The van der Waals surface area contributed by atoms with Crippen LogP contribution >= 0.6 is 0 Å². The molecule has 1 atom stereocenters. The Bertz CT molecular complexity index is 640. The van der Waals surface area contributed by atoms with E-state index in [1.165, 1.54) is 19.2 Å². The molecular weight excluding hydrogens is 261 g/mol. The van der Waals surface area contributed by atoms with Crippen molar-refractivity contribution in [3.05, 3.63) is 24.0 Å². The number of anilines is 1. The summed E-state index contributed by atoms with van der Waals surface area (Å²) in [5, 5.41) is 0. The van der Waals surface area contributed by atoms with Gasteiger partial charge in [0.05, 0.1) is 24.1 Å². The summed E-state index contributed by atoms with van der Waals surface area (Å²) in [6.45, 7) is 1.41. The van der Waals surface area contributed by atoms with E-state index in [9.17, 15) is 9.18 Å². The SMILES string of the molecule is COC(=O)C1CCCN(c2nc3ccc(F)cc3[nH]2)C1. The summed E-state index contributed by atoms with van der Waals surface area (Å²) < 4.78 is 18.0. The van der Waals surface area contributed by atoms with Crippen LogP contribution in [-0.4, -0.2) is 36.1 Å². The fourth-order valence-corrected chi connectivity index (χ4v) is 2.65. The van der Waals surface area contributed by atoms with Crippen LogP contribution < -0.4 is 4.90 Å². The number of hydrogen-bond donors (Lipinski definition) is 1. The number of imidazole rings is 1. The molecule has 0 aliphatic carbocycles. The number of esters is 1. The predicted octanol–water partition coefficient (Wildman–Crippen LogP) is 2.09. The number of carbonyl (C=O) groups is 1. The average molecular weight is 277 g/mol. The fraction of sp³-hybridized carbons (Fsp3) is 0.429. The molecule has 1 aromatic carbocycles. The van der Waals surface area contributed by atoms with Gasteiger partial charge in [-0.25, -0.2) is 9.37 Å². The zero-order chi connectivity index (χ0) is 14.1. The van der Waals surface area contributed by atoms with Crippen LogP contribution in [0.15, 0.2) is 18.2 Å². The number of fused-ring (bicyclic) bond motifs is 1. The first-order chi connectivity index (χ1) is 9.67. The molecule has 3 rings (SSSR count). The van der Waals surface area contributed by atoms with Gasteiger partial charge in [-0.2, -0.15) is 0 Å². The number of H-pyrrole nitrogens is 1. The molecule has 1 aliphatic rings. The van der Waals surface area contributed by atoms with E-state index in [-0.39, 0.29) is 17.7 Å². The molecule has 1 unspecified atom stereocenters. The van der Waals surface area contributed by atoms with Gasteiger partial charge in [-0.05, 0) is 31.0 Å². The molecule has 1 aliphatic heterocycles. The standard InChI is InChI=1S/C14H16FN3O2/c1-20-13(19)9-3-2-6-18(8-9)14-16-11-5-4-10(15)7-12(11)17-14/h4-5,7,9H,2-3,6,8H2,1H3,(H,16,17). The van der Waals surface area contributed by atoms with E-state index >= 15 is 0 Å². The number of nitrogens with zero attached hydrogens (tertiary/aromatic N) is 2. The quantitative estimate of drug-likeness (QED) is 0.854. The minimum absolute atomic E-state index is 0.126. The number of rotatable bonds is 2. The second kappa shape index (κ2) is 5.11. The topological polar surface area (TPSA) is 58.2 Å². The normalized spacial score (nSPS) is 19.3. The molecule has 0 spiro atoms. The highest BCUT2D eigenvalue weighted by atomic mass is 19.1. The van der Waals surface area contributed by atoms with Gasteiger partial charge in [-0.15, -0.1) is 0 Å². The van der Waals surface area contributed by atoms with Crippen molar-refractivity contribution >= 4 is 23.0 Å². The summed E-state index contributed by atoms with van der Waals surface area (Å²) >= 11 is 0. The Kier molecular flexibility index (Phi) is 3.30. The van der Waals surface area contributed by atoms with E-state index in [0.29, 0.717) is 18.0 Å². The summed E-state index contributed by atoms with van der Waals surface area (Å²) in [5.41, 5.74) is 1.39. The van der Waals surface area contributed by atoms with Crippen molar-refractivity contribution in [2.45, 2.75) is 12.8 Å². The van der Waals surface area contributed by atoms with Crippen LogP contribution in [-0.2, 0) is 9.53 Å². The number of nitrogens with one attached hydrogen (secondary N) is 1. The van der Waals surface area contributed by atoms with Gasteiger partial charge in [0.1, 0.15) is 5.82 Å². The summed E-state index contributed by atoms with van der Waals surface area (Å²) in [6, 6.07) is 4.46. The highest BCUT2D eigenvalue weighted by Crippen LogP contribution is 2.24. The molecule has 0 amide bonds. The number of piperidine rings is 1. The number of ether oxygens (including phenoxy) is 1. The molecule has 1 saturated heterocycles. The molecule has 2 aromatic rings. The Morgan fingerprint density at radius 2 is 2.40 bits per heavy atom. The summed E-state index contributed by atoms with van der Waals surface area (Å²) in [4.78, 5) is 21.2. The maximum absolute atomic E-state index is 13.2. The van der Waals surface area contributed by atoms with Crippen LogP contribution in [0.2, 0.25) is 0 Å². The lowest BCUT2D eigenvalue weighted by Crippen LogP contribution is -2.39. The van der Waals surface area contributed by atoms with E-state index < -0.39 is 0 Å². The Balaban J connectivity index is 1.84. The molecule has 1 fully saturated rings. The van der Waals surface area contributed by atoms with E-state index in [0.717, 1.165) is 24.9 Å². The van der Waals surface area contributed by atoms with E-state index in [1.807, 2.05) is 4.90 Å². The summed E-state index contributed by atoms with van der Waals surface area (Å²) in [7, 11) is 1.41. The number of carbonyl (C=O) groups excluding carboxylic acids is 1. The third-order valence-corrected chi connectivity index (χ3v) is 3.69. The molecule has 0 radical (unpaired) electrons. The monoisotopic (exact) mass is 277 g/mol. The van der Waals surface area contributed by atoms with Crippen LogP contribution in [0.3, 0.4) is 0 Å². The molecule has 0 bridgehead atoms. The van der Waals surface area contributed by atoms with Gasteiger partial charge >= 0.3 is 5.97 Å². The third-order valence-electron chi connectivity index (χ3n) is 3.69. The van der Waals surface area contributed by atoms with E-state index in [4.69, 9.17) is 4.74 Å². The van der Waals surface area contributed by atoms with Crippen LogP contribution in [0.1, 0.15) is 12.8 Å². The molecule has 20 heavy (non-hydrogen) atoms. The zero-order valence-corrected chi connectivity index (χ0v) is 11.2. The van der Waals surface area contributed by atoms with Gasteiger partial charge in [0.2, 0.25) is 5.95 Å².